The van der Waals surface area contributed by atoms with Gasteiger partial charge < -0.3 is 4.74 Å². The average Bonchev–Trinajstić information content (AvgIpc) is 2.62. The van der Waals surface area contributed by atoms with Crippen molar-refractivity contribution in [1.29, 1.82) is 0 Å². The molecule has 0 bridgehead atoms. The van der Waals surface area contributed by atoms with Gasteiger partial charge in [0, 0.05) is 12.0 Å². The first kappa shape index (κ1) is 13.5. The summed E-state index contributed by atoms with van der Waals surface area (Å²) in [5.74, 6) is 1.81. The van der Waals surface area contributed by atoms with E-state index >= 15 is 0 Å². The molecule has 0 radical (unpaired) electrons. The number of fused-ring (bicyclic) bond motifs is 1. The molecule has 1 heteroatoms. The zero-order valence-corrected chi connectivity index (χ0v) is 9.92. The van der Waals surface area contributed by atoms with Crippen LogP contribution in [0.25, 0.3) is 0 Å². The SMILES string of the molecule is C=C1Cc2ccccc2O1.C=CC.CC. The highest BCUT2D eigenvalue weighted by atomic mass is 16.5. The molecule has 0 fully saturated rings. The summed E-state index contributed by atoms with van der Waals surface area (Å²) >= 11 is 0. The van der Waals surface area contributed by atoms with E-state index in [4.69, 9.17) is 4.74 Å². The van der Waals surface area contributed by atoms with Crippen molar-refractivity contribution >= 4 is 0 Å². The lowest BCUT2D eigenvalue weighted by atomic mass is 10.2. The van der Waals surface area contributed by atoms with Gasteiger partial charge in [0.15, 0.2) is 0 Å². The van der Waals surface area contributed by atoms with E-state index in [1.807, 2.05) is 39.0 Å². The smallest absolute Gasteiger partial charge is 0.130 e. The average molecular weight is 204 g/mol. The maximum absolute atomic E-state index is 5.31. The first-order valence-corrected chi connectivity index (χ1v) is 5.28. The minimum atomic E-state index is 0.848. The Morgan fingerprint density at radius 3 is 2.33 bits per heavy atom. The Morgan fingerprint density at radius 2 is 1.80 bits per heavy atom. The number of rotatable bonds is 0. The third-order valence-electron chi connectivity index (χ3n) is 1.61. The summed E-state index contributed by atoms with van der Waals surface area (Å²) in [6.45, 7) is 13.0. The van der Waals surface area contributed by atoms with Gasteiger partial charge in [0.05, 0.1) is 0 Å². The van der Waals surface area contributed by atoms with Gasteiger partial charge in [0.2, 0.25) is 0 Å². The molecule has 0 saturated heterocycles. The predicted octanol–water partition coefficient (Wildman–Crippen LogP) is 4.35. The molecule has 1 aromatic carbocycles. The van der Waals surface area contributed by atoms with Gasteiger partial charge in [-0.05, 0) is 13.0 Å². The fourth-order valence-electron chi connectivity index (χ4n) is 1.15. The van der Waals surface area contributed by atoms with Crippen LogP contribution in [-0.2, 0) is 6.42 Å². The van der Waals surface area contributed by atoms with Gasteiger partial charge in [-0.25, -0.2) is 0 Å². The van der Waals surface area contributed by atoms with E-state index in [-0.39, 0.29) is 0 Å². The van der Waals surface area contributed by atoms with Crippen molar-refractivity contribution < 1.29 is 4.74 Å². The predicted molar refractivity (Wildman–Crippen MR) is 67.1 cm³/mol. The molecule has 0 N–H and O–H groups in total. The normalized spacial score (nSPS) is 11.0. The number of hydrogen-bond acceptors (Lipinski definition) is 1. The van der Waals surface area contributed by atoms with Crippen molar-refractivity contribution in [2.24, 2.45) is 0 Å². The quantitative estimate of drug-likeness (QED) is 0.571. The largest absolute Gasteiger partial charge is 0.462 e. The molecular formula is C14H20O. The molecule has 0 aromatic heterocycles. The number of hydrogen-bond donors (Lipinski definition) is 0. The van der Waals surface area contributed by atoms with Crippen LogP contribution < -0.4 is 4.74 Å². The molecule has 1 aliphatic rings. The minimum Gasteiger partial charge on any atom is -0.462 e. The van der Waals surface area contributed by atoms with Crippen LogP contribution in [0, 0.1) is 0 Å². The lowest BCUT2D eigenvalue weighted by Crippen LogP contribution is -1.81. The number of ether oxygens (including phenoxy) is 1. The summed E-state index contributed by atoms with van der Waals surface area (Å²) < 4.78 is 5.31. The zero-order chi connectivity index (χ0) is 11.7. The van der Waals surface area contributed by atoms with Gasteiger partial charge in [0.1, 0.15) is 11.5 Å². The Kier molecular flexibility index (Phi) is 7.08. The summed E-state index contributed by atoms with van der Waals surface area (Å²) in [7, 11) is 0. The maximum Gasteiger partial charge on any atom is 0.130 e. The topological polar surface area (TPSA) is 9.23 Å². The van der Waals surface area contributed by atoms with Gasteiger partial charge in [-0.2, -0.15) is 0 Å². The van der Waals surface area contributed by atoms with Crippen molar-refractivity contribution in [3.05, 3.63) is 54.8 Å². The molecule has 15 heavy (non-hydrogen) atoms. The highest BCUT2D eigenvalue weighted by Crippen LogP contribution is 2.28. The molecule has 82 valence electrons. The number of allylic oxidation sites excluding steroid dienone is 2. The van der Waals surface area contributed by atoms with E-state index in [9.17, 15) is 0 Å². The number of benzene rings is 1. The van der Waals surface area contributed by atoms with Crippen molar-refractivity contribution in [2.75, 3.05) is 0 Å². The van der Waals surface area contributed by atoms with E-state index in [1.54, 1.807) is 6.08 Å². The van der Waals surface area contributed by atoms with Crippen molar-refractivity contribution in [3.8, 4) is 5.75 Å². The second-order valence-electron chi connectivity index (χ2n) is 2.83. The van der Waals surface area contributed by atoms with Crippen molar-refractivity contribution in [3.63, 3.8) is 0 Å². The third-order valence-corrected chi connectivity index (χ3v) is 1.61. The Morgan fingerprint density at radius 1 is 1.27 bits per heavy atom. The van der Waals surface area contributed by atoms with Crippen LogP contribution in [-0.4, -0.2) is 0 Å². The van der Waals surface area contributed by atoms with Crippen LogP contribution in [0.4, 0.5) is 0 Å². The summed E-state index contributed by atoms with van der Waals surface area (Å²) in [5.41, 5.74) is 1.24. The lowest BCUT2D eigenvalue weighted by molar-refractivity contribution is 0.449. The van der Waals surface area contributed by atoms with Gasteiger partial charge in [-0.1, -0.05) is 44.7 Å². The van der Waals surface area contributed by atoms with Gasteiger partial charge in [0.25, 0.3) is 0 Å². The zero-order valence-electron chi connectivity index (χ0n) is 9.92. The standard InChI is InChI=1S/C9H8O.C3H6.C2H6/c1-7-6-8-4-2-3-5-9(8)10-7;1-3-2;1-2/h2-5H,1,6H2;3H,1H2,2H3;1-2H3. The van der Waals surface area contributed by atoms with Crippen molar-refractivity contribution in [2.45, 2.75) is 27.2 Å². The molecule has 1 nitrogen and oxygen atoms in total. The Hall–Kier alpha value is -1.50. The molecule has 0 amide bonds. The first-order valence-electron chi connectivity index (χ1n) is 5.28. The Bertz CT molecular complexity index is 286. The molecule has 0 spiro atoms. The summed E-state index contributed by atoms with van der Waals surface area (Å²) in [4.78, 5) is 0. The van der Waals surface area contributed by atoms with Crippen LogP contribution in [0.3, 0.4) is 0 Å². The van der Waals surface area contributed by atoms with E-state index in [2.05, 4.69) is 19.2 Å². The Labute approximate surface area is 93.1 Å². The molecule has 0 saturated carbocycles. The molecule has 0 unspecified atom stereocenters. The second-order valence-corrected chi connectivity index (χ2v) is 2.83. The van der Waals surface area contributed by atoms with E-state index in [0.717, 1.165) is 17.9 Å². The van der Waals surface area contributed by atoms with Gasteiger partial charge >= 0.3 is 0 Å². The van der Waals surface area contributed by atoms with E-state index in [1.165, 1.54) is 5.56 Å². The van der Waals surface area contributed by atoms with Crippen LogP contribution >= 0.6 is 0 Å². The summed E-state index contributed by atoms with van der Waals surface area (Å²) in [6.07, 6.45) is 2.62. The highest BCUT2D eigenvalue weighted by Gasteiger charge is 2.13. The first-order chi connectivity index (χ1) is 7.27. The summed E-state index contributed by atoms with van der Waals surface area (Å²) in [6, 6.07) is 8.01. The lowest BCUT2D eigenvalue weighted by Gasteiger charge is -1.94. The van der Waals surface area contributed by atoms with Crippen LogP contribution in [0.2, 0.25) is 0 Å². The van der Waals surface area contributed by atoms with E-state index in [0.29, 0.717) is 0 Å². The van der Waals surface area contributed by atoms with E-state index < -0.39 is 0 Å². The monoisotopic (exact) mass is 204 g/mol. The van der Waals surface area contributed by atoms with Gasteiger partial charge in [-0.3, -0.25) is 0 Å². The Balaban J connectivity index is 0.000000342. The van der Waals surface area contributed by atoms with Crippen LogP contribution in [0.15, 0.2) is 49.3 Å². The molecule has 0 atom stereocenters. The van der Waals surface area contributed by atoms with Crippen LogP contribution in [0.1, 0.15) is 26.3 Å². The molecule has 1 aromatic rings. The van der Waals surface area contributed by atoms with Gasteiger partial charge in [-0.15, -0.1) is 6.58 Å². The molecule has 2 rings (SSSR count). The molecule has 1 heterocycles. The van der Waals surface area contributed by atoms with Crippen LogP contribution in [0.5, 0.6) is 5.75 Å². The number of para-hydroxylation sites is 1. The highest BCUT2D eigenvalue weighted by molar-refractivity contribution is 5.40. The molecule has 1 aliphatic heterocycles. The third kappa shape index (κ3) is 4.50. The molecule has 0 aliphatic carbocycles. The second kappa shape index (κ2) is 7.86. The summed E-state index contributed by atoms with van der Waals surface area (Å²) in [5, 5.41) is 0. The fraction of sp³-hybridized carbons (Fsp3) is 0.286. The fourth-order valence-corrected chi connectivity index (χ4v) is 1.15. The van der Waals surface area contributed by atoms with Crippen molar-refractivity contribution in [1.82, 2.24) is 0 Å². The maximum atomic E-state index is 5.31. The minimum absolute atomic E-state index is 0.848. The molecular weight excluding hydrogens is 184 g/mol.